The number of hydrogen-bond donors (Lipinski definition) is 1. The molecule has 0 spiro atoms. The Labute approximate surface area is 125 Å². The lowest BCUT2D eigenvalue weighted by Gasteiger charge is -2.32. The van der Waals surface area contributed by atoms with E-state index in [1.165, 1.54) is 0 Å². The van der Waals surface area contributed by atoms with Crippen LogP contribution in [0.15, 0.2) is 6.20 Å². The molecule has 6 heteroatoms. The average molecular weight is 292 g/mol. The van der Waals surface area contributed by atoms with Gasteiger partial charge in [-0.3, -0.25) is 4.79 Å². The summed E-state index contributed by atoms with van der Waals surface area (Å²) in [7, 11) is 2.17. The molecule has 1 N–H and O–H groups in total. The van der Waals surface area contributed by atoms with E-state index < -0.39 is 5.97 Å². The minimum absolute atomic E-state index is 0.253. The minimum Gasteiger partial charge on any atom is -0.481 e. The average Bonchev–Trinajstić information content (AvgIpc) is 2.88. The van der Waals surface area contributed by atoms with Crippen LogP contribution < -0.4 is 0 Å². The zero-order valence-corrected chi connectivity index (χ0v) is 12.7. The Balaban J connectivity index is 1.55. The van der Waals surface area contributed by atoms with Crippen LogP contribution in [0.2, 0.25) is 0 Å². The fraction of sp³-hybridized carbons (Fsp3) is 0.733. The maximum Gasteiger partial charge on any atom is 0.308 e. The van der Waals surface area contributed by atoms with E-state index in [1.807, 2.05) is 4.57 Å². The van der Waals surface area contributed by atoms with Crippen LogP contribution in [-0.4, -0.2) is 70.2 Å². The molecule has 21 heavy (non-hydrogen) atoms. The second-order valence-corrected chi connectivity index (χ2v) is 6.27. The standard InChI is InChI=1S/C15H24N4O2/c1-17-6-8-18(9-7-17)5-4-13-11-19-10-12(15(20)21)2-3-14(19)16-13/h11-12H,2-10H2,1H3,(H,20,21). The fourth-order valence-corrected chi connectivity index (χ4v) is 3.17. The lowest BCUT2D eigenvalue weighted by Crippen LogP contribution is -2.45. The van der Waals surface area contributed by atoms with Crippen molar-refractivity contribution in [2.24, 2.45) is 5.92 Å². The van der Waals surface area contributed by atoms with Crippen LogP contribution in [0.25, 0.3) is 0 Å². The Kier molecular flexibility index (Phi) is 4.26. The minimum atomic E-state index is -0.687. The molecule has 1 unspecified atom stereocenters. The topological polar surface area (TPSA) is 61.6 Å². The SMILES string of the molecule is CN1CCN(CCc2cn3c(n2)CCC(C(=O)O)C3)CC1. The molecule has 0 aliphatic carbocycles. The summed E-state index contributed by atoms with van der Waals surface area (Å²) in [6, 6.07) is 0. The molecule has 0 saturated carbocycles. The predicted octanol–water partition coefficient (Wildman–Crippen LogP) is 0.320. The molecule has 3 heterocycles. The molecule has 3 rings (SSSR count). The molecule has 0 radical (unpaired) electrons. The van der Waals surface area contributed by atoms with E-state index in [0.29, 0.717) is 13.0 Å². The normalized spacial score (nSPS) is 24.0. The van der Waals surface area contributed by atoms with Gasteiger partial charge in [0, 0.05) is 58.3 Å². The highest BCUT2D eigenvalue weighted by atomic mass is 16.4. The summed E-state index contributed by atoms with van der Waals surface area (Å²) in [5.74, 6) is 0.117. The van der Waals surface area contributed by atoms with Crippen LogP contribution in [0, 0.1) is 5.92 Å². The first-order valence-corrected chi connectivity index (χ1v) is 7.80. The van der Waals surface area contributed by atoms with E-state index in [2.05, 4.69) is 28.0 Å². The number of piperazine rings is 1. The van der Waals surface area contributed by atoms with Crippen LogP contribution in [-0.2, 0) is 24.2 Å². The van der Waals surface area contributed by atoms with E-state index >= 15 is 0 Å². The van der Waals surface area contributed by atoms with Crippen molar-refractivity contribution in [3.8, 4) is 0 Å². The van der Waals surface area contributed by atoms with Gasteiger partial charge in [-0.15, -0.1) is 0 Å². The van der Waals surface area contributed by atoms with Gasteiger partial charge >= 0.3 is 5.97 Å². The second kappa shape index (κ2) is 6.15. The molecule has 1 aromatic heterocycles. The maximum absolute atomic E-state index is 11.1. The quantitative estimate of drug-likeness (QED) is 0.866. The predicted molar refractivity (Wildman–Crippen MR) is 79.3 cm³/mol. The van der Waals surface area contributed by atoms with Crippen LogP contribution in [0.4, 0.5) is 0 Å². The number of rotatable bonds is 4. The number of aromatic nitrogens is 2. The number of carbonyl (C=O) groups is 1. The summed E-state index contributed by atoms with van der Waals surface area (Å²) >= 11 is 0. The van der Waals surface area contributed by atoms with Crippen molar-refractivity contribution in [1.29, 1.82) is 0 Å². The summed E-state index contributed by atoms with van der Waals surface area (Å²) in [5.41, 5.74) is 1.11. The molecule has 1 fully saturated rings. The zero-order chi connectivity index (χ0) is 14.8. The molecule has 0 bridgehead atoms. The van der Waals surface area contributed by atoms with Crippen LogP contribution >= 0.6 is 0 Å². The lowest BCUT2D eigenvalue weighted by atomic mass is 10.00. The van der Waals surface area contributed by atoms with Crippen molar-refractivity contribution in [3.63, 3.8) is 0 Å². The number of aryl methyl sites for hydroxylation is 1. The molecular weight excluding hydrogens is 268 g/mol. The molecule has 0 aromatic carbocycles. The Morgan fingerprint density at radius 2 is 2.14 bits per heavy atom. The van der Waals surface area contributed by atoms with Gasteiger partial charge in [0.1, 0.15) is 5.82 Å². The highest BCUT2D eigenvalue weighted by Gasteiger charge is 2.25. The van der Waals surface area contributed by atoms with Crippen molar-refractivity contribution in [1.82, 2.24) is 19.4 Å². The molecule has 2 aliphatic rings. The fourth-order valence-electron chi connectivity index (χ4n) is 3.17. The van der Waals surface area contributed by atoms with Crippen molar-refractivity contribution in [2.75, 3.05) is 39.8 Å². The van der Waals surface area contributed by atoms with E-state index in [1.54, 1.807) is 0 Å². The Morgan fingerprint density at radius 1 is 1.38 bits per heavy atom. The van der Waals surface area contributed by atoms with Gasteiger partial charge in [-0.1, -0.05) is 0 Å². The van der Waals surface area contributed by atoms with Gasteiger partial charge < -0.3 is 19.5 Å². The number of carboxylic acids is 1. The van der Waals surface area contributed by atoms with Gasteiger partial charge in [0.05, 0.1) is 11.6 Å². The smallest absolute Gasteiger partial charge is 0.308 e. The summed E-state index contributed by atoms with van der Waals surface area (Å²) in [4.78, 5) is 20.6. The van der Waals surface area contributed by atoms with E-state index in [4.69, 9.17) is 5.11 Å². The monoisotopic (exact) mass is 292 g/mol. The Bertz CT molecular complexity index is 506. The van der Waals surface area contributed by atoms with Crippen LogP contribution in [0.5, 0.6) is 0 Å². The highest BCUT2D eigenvalue weighted by Crippen LogP contribution is 2.20. The molecular formula is C15H24N4O2. The number of hydrogen-bond acceptors (Lipinski definition) is 4. The van der Waals surface area contributed by atoms with Crippen LogP contribution in [0.1, 0.15) is 17.9 Å². The number of likely N-dealkylation sites (N-methyl/N-ethyl adjacent to an activating group) is 1. The summed E-state index contributed by atoms with van der Waals surface area (Å²) in [6.07, 6.45) is 4.51. The van der Waals surface area contributed by atoms with Crippen molar-refractivity contribution in [2.45, 2.75) is 25.8 Å². The molecule has 1 aromatic rings. The second-order valence-electron chi connectivity index (χ2n) is 6.27. The van der Waals surface area contributed by atoms with Gasteiger partial charge in [0.2, 0.25) is 0 Å². The molecule has 0 amide bonds. The Hall–Kier alpha value is -1.40. The third-order valence-electron chi connectivity index (χ3n) is 4.67. The van der Waals surface area contributed by atoms with Crippen LogP contribution in [0.3, 0.4) is 0 Å². The van der Waals surface area contributed by atoms with Gasteiger partial charge in [-0.2, -0.15) is 0 Å². The number of imidazole rings is 1. The molecule has 2 aliphatic heterocycles. The summed E-state index contributed by atoms with van der Waals surface area (Å²) in [6.45, 7) is 6.16. The number of nitrogens with zero attached hydrogens (tertiary/aromatic N) is 4. The van der Waals surface area contributed by atoms with Gasteiger partial charge in [0.15, 0.2) is 0 Å². The largest absolute Gasteiger partial charge is 0.481 e. The van der Waals surface area contributed by atoms with Gasteiger partial charge in [-0.05, 0) is 13.5 Å². The van der Waals surface area contributed by atoms with Crippen molar-refractivity contribution >= 4 is 5.97 Å². The summed E-state index contributed by atoms with van der Waals surface area (Å²) < 4.78 is 2.04. The lowest BCUT2D eigenvalue weighted by molar-refractivity contribution is -0.142. The maximum atomic E-state index is 11.1. The number of aliphatic carboxylic acids is 1. The van der Waals surface area contributed by atoms with E-state index in [9.17, 15) is 4.79 Å². The number of carboxylic acid groups (broad SMARTS) is 1. The third kappa shape index (κ3) is 3.44. The van der Waals surface area contributed by atoms with Crippen molar-refractivity contribution in [3.05, 3.63) is 17.7 Å². The first-order chi connectivity index (χ1) is 10.1. The van der Waals surface area contributed by atoms with Gasteiger partial charge in [-0.25, -0.2) is 4.98 Å². The Morgan fingerprint density at radius 3 is 2.86 bits per heavy atom. The molecule has 1 atom stereocenters. The summed E-state index contributed by atoms with van der Waals surface area (Å²) in [5, 5.41) is 9.12. The van der Waals surface area contributed by atoms with E-state index in [0.717, 1.165) is 57.1 Å². The first kappa shape index (κ1) is 14.5. The molecule has 6 nitrogen and oxygen atoms in total. The molecule has 116 valence electrons. The number of fused-ring (bicyclic) bond motifs is 1. The zero-order valence-electron chi connectivity index (χ0n) is 12.7. The highest BCUT2D eigenvalue weighted by molar-refractivity contribution is 5.70. The molecule has 1 saturated heterocycles. The van der Waals surface area contributed by atoms with Gasteiger partial charge in [0.25, 0.3) is 0 Å². The van der Waals surface area contributed by atoms with E-state index in [-0.39, 0.29) is 5.92 Å². The van der Waals surface area contributed by atoms with Crippen molar-refractivity contribution < 1.29 is 9.90 Å². The first-order valence-electron chi connectivity index (χ1n) is 7.80. The third-order valence-corrected chi connectivity index (χ3v) is 4.67.